The second-order valence-corrected chi connectivity index (χ2v) is 5.26. The van der Waals surface area contributed by atoms with Gasteiger partial charge in [-0.25, -0.2) is 4.68 Å². The first-order valence-corrected chi connectivity index (χ1v) is 6.85. The van der Waals surface area contributed by atoms with Crippen LogP contribution < -0.4 is 5.32 Å². The fourth-order valence-electron chi connectivity index (χ4n) is 2.07. The van der Waals surface area contributed by atoms with Gasteiger partial charge in [0.05, 0.1) is 17.5 Å². The molecule has 1 amide bonds. The molecule has 1 atom stereocenters. The molecule has 0 saturated carbocycles. The number of nitriles is 1. The van der Waals surface area contributed by atoms with Gasteiger partial charge >= 0.3 is 0 Å². The highest BCUT2D eigenvalue weighted by Gasteiger charge is 2.23. The lowest BCUT2D eigenvalue weighted by atomic mass is 9.97. The van der Waals surface area contributed by atoms with Crippen molar-refractivity contribution in [3.63, 3.8) is 0 Å². The Labute approximate surface area is 124 Å². The minimum absolute atomic E-state index is 0.0378. The number of hydrogen-bond donors (Lipinski definition) is 1. The van der Waals surface area contributed by atoms with E-state index >= 15 is 0 Å². The number of nitrogens with one attached hydrogen (secondary N) is 1. The predicted molar refractivity (Wildman–Crippen MR) is 80.9 cm³/mol. The number of carbonyl (C=O) groups is 1. The molecule has 5 nitrogen and oxygen atoms in total. The molecular formula is C16H18N4O. The second-order valence-electron chi connectivity index (χ2n) is 5.26. The summed E-state index contributed by atoms with van der Waals surface area (Å²) in [6.45, 7) is 5.57. The molecule has 2 rings (SSSR count). The molecule has 0 radical (unpaired) electrons. The van der Waals surface area contributed by atoms with Crippen LogP contribution in [0.3, 0.4) is 0 Å². The van der Waals surface area contributed by atoms with Crippen molar-refractivity contribution >= 4 is 11.7 Å². The topological polar surface area (TPSA) is 70.7 Å². The number of aromatic nitrogens is 2. The van der Waals surface area contributed by atoms with Crippen LogP contribution in [-0.2, 0) is 4.79 Å². The first kappa shape index (κ1) is 14.8. The molecule has 0 aliphatic rings. The van der Waals surface area contributed by atoms with Crippen LogP contribution in [0.25, 0.3) is 5.69 Å². The van der Waals surface area contributed by atoms with Crippen molar-refractivity contribution in [2.24, 2.45) is 11.8 Å². The van der Waals surface area contributed by atoms with Gasteiger partial charge in [0.1, 0.15) is 11.7 Å². The zero-order chi connectivity index (χ0) is 15.4. The lowest BCUT2D eigenvalue weighted by Gasteiger charge is -2.14. The van der Waals surface area contributed by atoms with Crippen LogP contribution in [0.2, 0.25) is 0 Å². The third kappa shape index (κ3) is 3.29. The summed E-state index contributed by atoms with van der Waals surface area (Å²) in [5.41, 5.74) is 1.66. The number of hydrogen-bond acceptors (Lipinski definition) is 3. The SMILES string of the molecule is Cc1cc(NC(=O)C(C#N)C(C)C)n(-c2ccccc2)n1. The number of para-hydroxylation sites is 1. The highest BCUT2D eigenvalue weighted by molar-refractivity contribution is 5.93. The minimum Gasteiger partial charge on any atom is -0.309 e. The van der Waals surface area contributed by atoms with E-state index in [4.69, 9.17) is 5.26 Å². The number of nitrogens with zero attached hydrogens (tertiary/aromatic N) is 3. The number of anilines is 1. The number of amides is 1. The van der Waals surface area contributed by atoms with Gasteiger partial charge in [-0.3, -0.25) is 4.79 Å². The van der Waals surface area contributed by atoms with Crippen LogP contribution in [-0.4, -0.2) is 15.7 Å². The largest absolute Gasteiger partial charge is 0.309 e. The lowest BCUT2D eigenvalue weighted by Crippen LogP contribution is -2.26. The zero-order valence-corrected chi connectivity index (χ0v) is 12.4. The van der Waals surface area contributed by atoms with E-state index in [1.165, 1.54) is 0 Å². The van der Waals surface area contributed by atoms with Crippen molar-refractivity contribution in [3.05, 3.63) is 42.1 Å². The normalized spacial score (nSPS) is 12.0. The molecule has 5 heteroatoms. The molecule has 1 aromatic carbocycles. The van der Waals surface area contributed by atoms with Gasteiger partial charge in [-0.15, -0.1) is 0 Å². The molecule has 1 N–H and O–H groups in total. The van der Waals surface area contributed by atoms with E-state index in [-0.39, 0.29) is 11.8 Å². The summed E-state index contributed by atoms with van der Waals surface area (Å²) >= 11 is 0. The van der Waals surface area contributed by atoms with Crippen LogP contribution in [0, 0.1) is 30.1 Å². The summed E-state index contributed by atoms with van der Waals surface area (Å²) < 4.78 is 1.67. The van der Waals surface area contributed by atoms with Gasteiger partial charge < -0.3 is 5.32 Å². The summed E-state index contributed by atoms with van der Waals surface area (Å²) in [7, 11) is 0. The van der Waals surface area contributed by atoms with E-state index in [0.29, 0.717) is 5.82 Å². The highest BCUT2D eigenvalue weighted by Crippen LogP contribution is 2.19. The number of carbonyl (C=O) groups excluding carboxylic acids is 1. The Morgan fingerprint density at radius 3 is 2.57 bits per heavy atom. The lowest BCUT2D eigenvalue weighted by molar-refractivity contribution is -0.119. The quantitative estimate of drug-likeness (QED) is 0.937. The van der Waals surface area contributed by atoms with Crippen molar-refractivity contribution in [2.45, 2.75) is 20.8 Å². The molecule has 0 spiro atoms. The van der Waals surface area contributed by atoms with Gasteiger partial charge in [0.15, 0.2) is 0 Å². The summed E-state index contributed by atoms with van der Waals surface area (Å²) in [6.07, 6.45) is 0. The molecule has 108 valence electrons. The Bertz CT molecular complexity index is 667. The van der Waals surface area contributed by atoms with Crippen molar-refractivity contribution in [1.29, 1.82) is 5.26 Å². The van der Waals surface area contributed by atoms with Crippen molar-refractivity contribution < 1.29 is 4.79 Å². The third-order valence-electron chi connectivity index (χ3n) is 3.17. The molecule has 1 heterocycles. The van der Waals surface area contributed by atoms with E-state index in [0.717, 1.165) is 11.4 Å². The molecule has 0 saturated heterocycles. The number of aryl methyl sites for hydroxylation is 1. The molecular weight excluding hydrogens is 264 g/mol. The fraction of sp³-hybridized carbons (Fsp3) is 0.312. The van der Waals surface area contributed by atoms with E-state index < -0.39 is 5.92 Å². The molecule has 0 fully saturated rings. The second kappa shape index (κ2) is 6.23. The average molecular weight is 282 g/mol. The number of benzene rings is 1. The van der Waals surface area contributed by atoms with Gasteiger partial charge in [-0.2, -0.15) is 10.4 Å². The van der Waals surface area contributed by atoms with Crippen molar-refractivity contribution in [2.75, 3.05) is 5.32 Å². The Kier molecular flexibility index (Phi) is 4.39. The standard InChI is InChI=1S/C16H18N4O/c1-11(2)14(10-17)16(21)18-15-9-12(3)19-20(15)13-7-5-4-6-8-13/h4-9,11,14H,1-3H3,(H,18,21). The maximum absolute atomic E-state index is 12.2. The van der Waals surface area contributed by atoms with Crippen LogP contribution >= 0.6 is 0 Å². The van der Waals surface area contributed by atoms with Crippen molar-refractivity contribution in [1.82, 2.24) is 9.78 Å². The van der Waals surface area contributed by atoms with E-state index in [2.05, 4.69) is 10.4 Å². The smallest absolute Gasteiger partial charge is 0.243 e. The summed E-state index contributed by atoms with van der Waals surface area (Å²) in [5.74, 6) is -0.442. The maximum atomic E-state index is 12.2. The van der Waals surface area contributed by atoms with E-state index in [9.17, 15) is 4.79 Å². The molecule has 0 bridgehead atoms. The average Bonchev–Trinajstić information content (AvgIpc) is 2.80. The molecule has 0 aliphatic heterocycles. The molecule has 21 heavy (non-hydrogen) atoms. The van der Waals surface area contributed by atoms with Crippen LogP contribution in [0.5, 0.6) is 0 Å². The molecule has 2 aromatic rings. The van der Waals surface area contributed by atoms with Gasteiger partial charge in [0, 0.05) is 6.07 Å². The maximum Gasteiger partial charge on any atom is 0.243 e. The van der Waals surface area contributed by atoms with E-state index in [1.807, 2.05) is 57.2 Å². The predicted octanol–water partition coefficient (Wildman–Crippen LogP) is 2.92. The highest BCUT2D eigenvalue weighted by atomic mass is 16.2. The minimum atomic E-state index is -0.676. The van der Waals surface area contributed by atoms with Gasteiger partial charge in [0.2, 0.25) is 5.91 Å². The van der Waals surface area contributed by atoms with Gasteiger partial charge in [0.25, 0.3) is 0 Å². The zero-order valence-electron chi connectivity index (χ0n) is 12.4. The summed E-state index contributed by atoms with van der Waals surface area (Å²) in [6, 6.07) is 13.4. The monoisotopic (exact) mass is 282 g/mol. The summed E-state index contributed by atoms with van der Waals surface area (Å²) in [5, 5.41) is 16.3. The molecule has 1 aromatic heterocycles. The van der Waals surface area contributed by atoms with Crippen LogP contribution in [0.4, 0.5) is 5.82 Å². The first-order chi connectivity index (χ1) is 10.0. The Hall–Kier alpha value is -2.61. The number of rotatable bonds is 4. The molecule has 1 unspecified atom stereocenters. The Balaban J connectivity index is 2.30. The van der Waals surface area contributed by atoms with Gasteiger partial charge in [-0.1, -0.05) is 32.0 Å². The first-order valence-electron chi connectivity index (χ1n) is 6.85. The Morgan fingerprint density at radius 1 is 1.33 bits per heavy atom. The van der Waals surface area contributed by atoms with Crippen LogP contribution in [0.1, 0.15) is 19.5 Å². The summed E-state index contributed by atoms with van der Waals surface area (Å²) in [4.78, 5) is 12.2. The third-order valence-corrected chi connectivity index (χ3v) is 3.17. The van der Waals surface area contributed by atoms with Crippen molar-refractivity contribution in [3.8, 4) is 11.8 Å². The molecule has 0 aliphatic carbocycles. The Morgan fingerprint density at radius 2 is 2.00 bits per heavy atom. The fourth-order valence-corrected chi connectivity index (χ4v) is 2.07. The van der Waals surface area contributed by atoms with Gasteiger partial charge in [-0.05, 0) is 25.0 Å². The van der Waals surface area contributed by atoms with Crippen LogP contribution in [0.15, 0.2) is 36.4 Å². The van der Waals surface area contributed by atoms with E-state index in [1.54, 1.807) is 10.7 Å².